The Kier molecular flexibility index (Phi) is 9.95. The molecule has 5 aliphatic rings. The summed E-state index contributed by atoms with van der Waals surface area (Å²) < 4.78 is 39.0. The van der Waals surface area contributed by atoms with Crippen molar-refractivity contribution in [2.24, 2.45) is 25.9 Å². The van der Waals surface area contributed by atoms with E-state index >= 15 is 8.78 Å². The number of pyridine rings is 1. The van der Waals surface area contributed by atoms with Crippen LogP contribution in [-0.4, -0.2) is 105 Å². The second-order valence-corrected chi connectivity index (χ2v) is 17.6. The van der Waals surface area contributed by atoms with Gasteiger partial charge in [-0.25, -0.2) is 13.8 Å². The summed E-state index contributed by atoms with van der Waals surface area (Å²) in [6.45, 7) is 2.73. The quantitative estimate of drug-likeness (QED) is 0.180. The number of benzene rings is 2. The maximum atomic E-state index is 15.2. The number of fused-ring (bicyclic) bond motifs is 4. The van der Waals surface area contributed by atoms with E-state index in [9.17, 15) is 19.2 Å². The number of piperidine rings is 2. The maximum absolute atomic E-state index is 15.2. The molecule has 1 saturated carbocycles. The fraction of sp³-hybridized carbons (Fsp3) is 0.465. The molecule has 0 radical (unpaired) electrons. The molecule has 2 atom stereocenters. The highest BCUT2D eigenvalue weighted by Gasteiger charge is 2.51. The number of alkyl halides is 2. The highest BCUT2D eigenvalue weighted by Crippen LogP contribution is 2.46. The van der Waals surface area contributed by atoms with Crippen LogP contribution in [0.15, 0.2) is 47.4 Å². The van der Waals surface area contributed by atoms with Gasteiger partial charge in [0.2, 0.25) is 29.4 Å². The van der Waals surface area contributed by atoms with Crippen molar-refractivity contribution >= 4 is 80.0 Å². The van der Waals surface area contributed by atoms with Crippen LogP contribution in [0.25, 0.3) is 21.8 Å². The molecule has 16 nitrogen and oxygen atoms in total. The summed E-state index contributed by atoms with van der Waals surface area (Å²) in [5.74, 6) is -3.27. The third kappa shape index (κ3) is 7.30. The number of nitrogens with zero attached hydrogens (tertiary/aromatic N) is 8. The first-order valence-electron chi connectivity index (χ1n) is 21.1. The summed E-state index contributed by atoms with van der Waals surface area (Å²) >= 11 is 6.61. The van der Waals surface area contributed by atoms with Crippen LogP contribution in [0.1, 0.15) is 50.1 Å². The highest BCUT2D eigenvalue weighted by molar-refractivity contribution is 6.33. The molecule has 0 spiro atoms. The van der Waals surface area contributed by atoms with E-state index < -0.39 is 30.0 Å². The number of piperazine rings is 1. The minimum atomic E-state index is -3.14. The second kappa shape index (κ2) is 15.4. The van der Waals surface area contributed by atoms with Gasteiger partial charge in [0.1, 0.15) is 5.02 Å². The van der Waals surface area contributed by atoms with Crippen LogP contribution in [0.3, 0.4) is 0 Å². The molecule has 10 rings (SSSR count). The lowest BCUT2D eigenvalue weighted by Crippen LogP contribution is -2.52. The zero-order valence-electron chi connectivity index (χ0n) is 34.3. The summed E-state index contributed by atoms with van der Waals surface area (Å²) in [7, 11) is 3.43. The number of aromatic nitrogens is 5. The Bertz CT molecular complexity index is 2710. The molecule has 2 unspecified atom stereocenters. The van der Waals surface area contributed by atoms with Gasteiger partial charge < -0.3 is 34.6 Å². The van der Waals surface area contributed by atoms with E-state index in [-0.39, 0.29) is 48.0 Å². The zero-order chi connectivity index (χ0) is 43.0. The number of carbonyl (C=O) groups excluding carboxylic acids is 3. The van der Waals surface area contributed by atoms with Crippen molar-refractivity contribution in [2.75, 3.05) is 66.3 Å². The van der Waals surface area contributed by atoms with E-state index in [4.69, 9.17) is 21.3 Å². The number of rotatable bonds is 8. The first-order chi connectivity index (χ1) is 29.8. The molecule has 3 saturated heterocycles. The van der Waals surface area contributed by atoms with Crippen LogP contribution < -0.4 is 36.0 Å². The average molecular weight is 870 g/mol. The van der Waals surface area contributed by atoms with Crippen LogP contribution in [0.4, 0.5) is 37.6 Å². The van der Waals surface area contributed by atoms with E-state index in [0.29, 0.717) is 97.0 Å². The Balaban J connectivity index is 0.775. The Morgan fingerprint density at radius 3 is 2.50 bits per heavy atom. The van der Waals surface area contributed by atoms with Crippen molar-refractivity contribution in [1.29, 1.82) is 0 Å². The van der Waals surface area contributed by atoms with Crippen LogP contribution >= 0.6 is 11.6 Å². The third-order valence-electron chi connectivity index (χ3n) is 13.1. The van der Waals surface area contributed by atoms with Crippen molar-refractivity contribution in [3.05, 3.63) is 63.7 Å². The fourth-order valence-electron chi connectivity index (χ4n) is 9.45. The smallest absolute Gasteiger partial charge is 0.301 e. The lowest BCUT2D eigenvalue weighted by atomic mass is 9.93. The molecule has 4 aliphatic heterocycles. The third-order valence-corrected chi connectivity index (χ3v) is 13.4. The summed E-state index contributed by atoms with van der Waals surface area (Å²) in [6, 6.07) is 10.1. The molecule has 4 fully saturated rings. The number of halogens is 3. The number of aryl methyl sites for hydroxylation is 2. The molecule has 3 amide bonds. The largest absolute Gasteiger partial charge is 0.480 e. The van der Waals surface area contributed by atoms with Gasteiger partial charge in [-0.3, -0.25) is 29.2 Å². The van der Waals surface area contributed by atoms with Crippen LogP contribution in [-0.2, 0) is 28.5 Å². The standard InChI is InChI=1S/C43H46ClF2N11O5/c1-53-31-9-5-25(17-29(31)36-37(41(53)61)62-22-43(45,46)38(50-36)24-3-4-24)48-39-30(44)19-47-42(51-39)55-13-11-23(12-14-55)20-57-16-15-56(21-34(57)59)26-6-7-27-32(18-26)54(2)52-35(27)28-8-10-33(58)49-40(28)60/h5-7,9,17-19,23-24,28,38,50H,3-4,8,10-16,20-22H2,1-2H3,(H,47,48,51)(H,49,58,60). The van der Waals surface area contributed by atoms with Crippen molar-refractivity contribution in [2.45, 2.75) is 56.4 Å². The Labute approximate surface area is 359 Å². The summed E-state index contributed by atoms with van der Waals surface area (Å²) in [6.07, 6.45) is 5.33. The van der Waals surface area contributed by atoms with Gasteiger partial charge in [-0.05, 0) is 80.3 Å². The molecule has 3 N–H and O–H groups in total. The number of ether oxygens (including phenoxy) is 1. The topological polar surface area (TPSA) is 172 Å². The minimum absolute atomic E-state index is 0.0701. The van der Waals surface area contributed by atoms with Gasteiger partial charge in [0, 0.05) is 75.4 Å². The average Bonchev–Trinajstić information content (AvgIpc) is 4.06. The molecule has 324 valence electrons. The lowest BCUT2D eigenvalue weighted by Gasteiger charge is -2.39. The monoisotopic (exact) mass is 869 g/mol. The van der Waals surface area contributed by atoms with E-state index in [1.165, 1.54) is 4.57 Å². The number of hydrogen-bond donors (Lipinski definition) is 3. The van der Waals surface area contributed by atoms with Gasteiger partial charge in [0.05, 0.1) is 47.1 Å². The second-order valence-electron chi connectivity index (χ2n) is 17.2. The Morgan fingerprint density at radius 2 is 1.74 bits per heavy atom. The van der Waals surface area contributed by atoms with Crippen molar-refractivity contribution in [1.82, 2.24) is 34.5 Å². The molecular formula is C43H46ClF2N11O5. The normalized spacial score (nSPS) is 22.0. The molecule has 19 heteroatoms. The number of nitrogens with one attached hydrogen (secondary N) is 3. The van der Waals surface area contributed by atoms with Gasteiger partial charge in [0.25, 0.3) is 5.56 Å². The lowest BCUT2D eigenvalue weighted by molar-refractivity contribution is -0.134. The summed E-state index contributed by atoms with van der Waals surface area (Å²) in [5, 5.41) is 15.1. The van der Waals surface area contributed by atoms with Crippen LogP contribution in [0.5, 0.6) is 5.75 Å². The number of imide groups is 1. The molecule has 2 aromatic carbocycles. The highest BCUT2D eigenvalue weighted by atomic mass is 35.5. The molecule has 3 aromatic heterocycles. The zero-order valence-corrected chi connectivity index (χ0v) is 35.1. The Hall–Kier alpha value is -6.04. The molecule has 62 heavy (non-hydrogen) atoms. The molecule has 0 bridgehead atoms. The number of amides is 3. The molecule has 7 heterocycles. The van der Waals surface area contributed by atoms with Gasteiger partial charge >= 0.3 is 5.92 Å². The van der Waals surface area contributed by atoms with Gasteiger partial charge in [0.15, 0.2) is 12.4 Å². The molecule has 1 aliphatic carbocycles. The predicted octanol–water partition coefficient (Wildman–Crippen LogP) is 4.92. The van der Waals surface area contributed by atoms with Gasteiger partial charge in [-0.2, -0.15) is 10.1 Å². The number of hydrogen-bond acceptors (Lipinski definition) is 12. The number of anilines is 5. The molecular weight excluding hydrogens is 824 g/mol. The van der Waals surface area contributed by atoms with Gasteiger partial charge in [-0.1, -0.05) is 11.6 Å². The number of carbonyl (C=O) groups is 3. The maximum Gasteiger partial charge on any atom is 0.301 e. The van der Waals surface area contributed by atoms with Crippen LogP contribution in [0, 0.1) is 11.8 Å². The van der Waals surface area contributed by atoms with Crippen molar-refractivity contribution < 1.29 is 27.9 Å². The Morgan fingerprint density at radius 1 is 0.935 bits per heavy atom. The SMILES string of the molecule is Cn1nc(C2CCC(=O)NC2=O)c2ccc(N3CCN(CC4CCN(c5ncc(Cl)c(Nc6ccc7c(c6)c6c(c(=O)n7C)OCC(F)(F)C(C7CC7)N6)n5)CC4)C(=O)C3)cc21. The van der Waals surface area contributed by atoms with Crippen LogP contribution in [0.2, 0.25) is 5.02 Å². The van der Waals surface area contributed by atoms with Crippen molar-refractivity contribution in [3.63, 3.8) is 0 Å². The van der Waals surface area contributed by atoms with E-state index in [2.05, 4.69) is 35.8 Å². The van der Waals surface area contributed by atoms with Crippen molar-refractivity contribution in [3.8, 4) is 5.75 Å². The van der Waals surface area contributed by atoms with E-state index in [1.807, 2.05) is 30.1 Å². The van der Waals surface area contributed by atoms with E-state index in [0.717, 1.165) is 29.4 Å². The van der Waals surface area contributed by atoms with E-state index in [1.54, 1.807) is 36.1 Å². The first-order valence-corrected chi connectivity index (χ1v) is 21.5. The summed E-state index contributed by atoms with van der Waals surface area (Å²) in [5.41, 5.74) is 3.35. The fourth-order valence-corrected chi connectivity index (χ4v) is 9.59. The molecule has 5 aromatic rings. The summed E-state index contributed by atoms with van der Waals surface area (Å²) in [4.78, 5) is 66.5. The first kappa shape index (κ1) is 40.1. The minimum Gasteiger partial charge on any atom is -0.480 e. The van der Waals surface area contributed by atoms with Gasteiger partial charge in [-0.15, -0.1) is 0 Å². The predicted molar refractivity (Wildman–Crippen MR) is 230 cm³/mol.